The maximum atomic E-state index is 16.4. The van der Waals surface area contributed by atoms with E-state index in [2.05, 4.69) is 4.98 Å². The van der Waals surface area contributed by atoms with E-state index in [0.717, 1.165) is 16.5 Å². The van der Waals surface area contributed by atoms with Crippen molar-refractivity contribution in [2.24, 2.45) is 0 Å². The first-order valence-electron chi connectivity index (χ1n) is 14.2. The third-order valence-corrected chi connectivity index (χ3v) is 7.31. The number of carbonyl (C=O) groups is 1. The highest BCUT2D eigenvalue weighted by atomic mass is 19.4. The number of rotatable bonds is 10. The molecule has 1 aromatic heterocycles. The van der Waals surface area contributed by atoms with Gasteiger partial charge in [-0.1, -0.05) is 18.2 Å². The van der Waals surface area contributed by atoms with Crippen LogP contribution >= 0.6 is 0 Å². The van der Waals surface area contributed by atoms with Gasteiger partial charge in [-0.25, -0.2) is 9.18 Å². The van der Waals surface area contributed by atoms with Crippen LogP contribution in [0.3, 0.4) is 0 Å². The first-order chi connectivity index (χ1) is 20.2. The number of hydrogen-bond donors (Lipinski definition) is 1. The monoisotopic (exact) mass is 611 g/mol. The first kappa shape index (κ1) is 32.4. The second kappa shape index (κ2) is 13.0. The van der Waals surface area contributed by atoms with Crippen molar-refractivity contribution in [2.75, 3.05) is 40.0 Å². The Morgan fingerprint density at radius 2 is 1.79 bits per heavy atom. The zero-order chi connectivity index (χ0) is 31.5. The van der Waals surface area contributed by atoms with Gasteiger partial charge >= 0.3 is 12.3 Å². The maximum Gasteiger partial charge on any atom is 0.410 e. The number of alkyl halides is 4. The fourth-order valence-corrected chi connectivity index (χ4v) is 5.51. The molecule has 43 heavy (non-hydrogen) atoms. The van der Waals surface area contributed by atoms with Gasteiger partial charge in [0.15, 0.2) is 11.6 Å². The van der Waals surface area contributed by atoms with E-state index in [4.69, 9.17) is 14.2 Å². The molecule has 0 bridgehead atoms. The molecule has 0 spiro atoms. The summed E-state index contributed by atoms with van der Waals surface area (Å²) in [6.07, 6.45) is -4.78. The molecule has 1 aliphatic rings. The van der Waals surface area contributed by atoms with Crippen LogP contribution in [-0.4, -0.2) is 78.7 Å². The van der Waals surface area contributed by atoms with Gasteiger partial charge in [0.25, 0.3) is 0 Å². The van der Waals surface area contributed by atoms with E-state index in [1.807, 2.05) is 24.3 Å². The van der Waals surface area contributed by atoms with Crippen molar-refractivity contribution in [2.45, 2.75) is 64.4 Å². The summed E-state index contributed by atoms with van der Waals surface area (Å²) in [6.45, 7) is 4.78. The summed E-state index contributed by atoms with van der Waals surface area (Å²) < 4.78 is 87.5. The SMILES string of the molecule is COc1ccc(OCCN(CCCF)C(=O)OC(C)(C)C)c(F)c1[C@@H]1c2[nH]c3ccccc3c2C[C@@H](C)N1CC(F)(F)F. The number of benzene rings is 2. The van der Waals surface area contributed by atoms with Gasteiger partial charge in [0.05, 0.1) is 38.5 Å². The minimum absolute atomic E-state index is 0.0253. The lowest BCUT2D eigenvalue weighted by Gasteiger charge is -2.41. The van der Waals surface area contributed by atoms with Gasteiger partial charge < -0.3 is 24.1 Å². The molecule has 0 aliphatic carbocycles. The van der Waals surface area contributed by atoms with Crippen molar-refractivity contribution in [1.29, 1.82) is 0 Å². The van der Waals surface area contributed by atoms with E-state index in [0.29, 0.717) is 12.1 Å². The van der Waals surface area contributed by atoms with Crippen molar-refractivity contribution in [3.05, 3.63) is 59.0 Å². The number of carbonyl (C=O) groups excluding carboxylic acids is 1. The normalized spacial score (nSPS) is 17.5. The Hall–Kier alpha value is -3.54. The summed E-state index contributed by atoms with van der Waals surface area (Å²) >= 11 is 0. The predicted molar refractivity (Wildman–Crippen MR) is 153 cm³/mol. The van der Waals surface area contributed by atoms with Gasteiger partial charge in [-0.3, -0.25) is 9.29 Å². The molecule has 2 atom stereocenters. The summed E-state index contributed by atoms with van der Waals surface area (Å²) in [6, 6.07) is 8.44. The van der Waals surface area contributed by atoms with Gasteiger partial charge in [0, 0.05) is 29.2 Å². The molecule has 1 N–H and O–H groups in total. The fraction of sp³-hybridized carbons (Fsp3) is 0.516. The molecule has 12 heteroatoms. The van der Waals surface area contributed by atoms with E-state index in [1.165, 1.54) is 29.0 Å². The molecule has 0 fully saturated rings. The standard InChI is InChI=1S/C31H38F5N3O4/c1-19-17-21-20-9-6-7-10-22(20)37-27(21)28(39(19)18-31(34,35)36)25-23(41-5)11-12-24(26(25)33)42-16-15-38(14-8-13-32)29(40)43-30(2,3)4/h6-7,9-12,19,28,37H,8,13-18H2,1-5H3/t19-,28-/m1/s1. The van der Waals surface area contributed by atoms with E-state index < -0.39 is 49.0 Å². The lowest BCUT2D eigenvalue weighted by atomic mass is 9.87. The number of hydrogen-bond acceptors (Lipinski definition) is 5. The smallest absolute Gasteiger partial charge is 0.410 e. The molecule has 2 heterocycles. The van der Waals surface area contributed by atoms with Gasteiger partial charge in [-0.2, -0.15) is 13.2 Å². The Balaban J connectivity index is 1.71. The molecule has 0 unspecified atom stereocenters. The number of amides is 1. The highest BCUT2D eigenvalue weighted by Gasteiger charge is 2.44. The Morgan fingerprint density at radius 3 is 2.44 bits per heavy atom. The number of para-hydroxylation sites is 1. The van der Waals surface area contributed by atoms with Crippen molar-refractivity contribution >= 4 is 17.0 Å². The molecule has 3 aromatic rings. The lowest BCUT2D eigenvalue weighted by molar-refractivity contribution is -0.155. The molecular formula is C31H38F5N3O4. The van der Waals surface area contributed by atoms with Crippen LogP contribution in [0.2, 0.25) is 0 Å². The van der Waals surface area contributed by atoms with Crippen molar-refractivity contribution < 1.29 is 41.0 Å². The molecule has 0 saturated carbocycles. The minimum Gasteiger partial charge on any atom is -0.496 e. The number of aromatic amines is 1. The average Bonchev–Trinajstić information content (AvgIpc) is 3.28. The van der Waals surface area contributed by atoms with Crippen LogP contribution in [-0.2, 0) is 11.2 Å². The van der Waals surface area contributed by atoms with Crippen molar-refractivity contribution in [1.82, 2.24) is 14.8 Å². The molecule has 4 rings (SSSR count). The zero-order valence-electron chi connectivity index (χ0n) is 25.0. The van der Waals surface area contributed by atoms with Gasteiger partial charge in [-0.15, -0.1) is 0 Å². The number of H-pyrrole nitrogens is 1. The number of ether oxygens (including phenoxy) is 3. The summed E-state index contributed by atoms with van der Waals surface area (Å²) in [7, 11) is 1.33. The van der Waals surface area contributed by atoms with Crippen molar-refractivity contribution in [3.63, 3.8) is 0 Å². The molecule has 2 aromatic carbocycles. The van der Waals surface area contributed by atoms with E-state index in [9.17, 15) is 22.4 Å². The summed E-state index contributed by atoms with van der Waals surface area (Å²) in [4.78, 5) is 18.4. The molecule has 0 radical (unpaired) electrons. The Kier molecular flexibility index (Phi) is 9.78. The maximum absolute atomic E-state index is 16.4. The van der Waals surface area contributed by atoms with Crippen LogP contribution in [0.1, 0.15) is 57.0 Å². The number of halogens is 5. The van der Waals surface area contributed by atoms with E-state index in [-0.39, 0.29) is 43.2 Å². The first-order valence-corrected chi connectivity index (χ1v) is 14.2. The topological polar surface area (TPSA) is 67.0 Å². The van der Waals surface area contributed by atoms with Crippen LogP contribution in [0, 0.1) is 5.82 Å². The van der Waals surface area contributed by atoms with Gasteiger partial charge in [0.1, 0.15) is 18.0 Å². The predicted octanol–water partition coefficient (Wildman–Crippen LogP) is 7.19. The second-order valence-electron chi connectivity index (χ2n) is 11.7. The van der Waals surface area contributed by atoms with Gasteiger partial charge in [-0.05, 0) is 64.3 Å². The Morgan fingerprint density at radius 1 is 1.09 bits per heavy atom. The lowest BCUT2D eigenvalue weighted by Crippen LogP contribution is -2.47. The molecule has 0 saturated heterocycles. The number of fused-ring (bicyclic) bond motifs is 3. The number of aromatic nitrogens is 1. The van der Waals surface area contributed by atoms with Crippen LogP contribution in [0.25, 0.3) is 10.9 Å². The number of methoxy groups -OCH3 is 1. The number of nitrogens with zero attached hydrogens (tertiary/aromatic N) is 2. The van der Waals surface area contributed by atoms with Crippen LogP contribution in [0.15, 0.2) is 36.4 Å². The highest BCUT2D eigenvalue weighted by molar-refractivity contribution is 5.85. The Bertz CT molecular complexity index is 1420. The van der Waals surface area contributed by atoms with E-state index >= 15 is 4.39 Å². The highest BCUT2D eigenvalue weighted by Crippen LogP contribution is 2.46. The quantitative estimate of drug-likeness (QED) is 0.246. The summed E-state index contributed by atoms with van der Waals surface area (Å²) in [5.41, 5.74) is 1.15. The zero-order valence-corrected chi connectivity index (χ0v) is 25.0. The molecular weight excluding hydrogens is 573 g/mol. The van der Waals surface area contributed by atoms with Crippen LogP contribution in [0.5, 0.6) is 11.5 Å². The third-order valence-electron chi connectivity index (χ3n) is 7.31. The van der Waals surface area contributed by atoms with Gasteiger partial charge in [0.2, 0.25) is 0 Å². The summed E-state index contributed by atoms with van der Waals surface area (Å²) in [5, 5.41) is 0.864. The van der Waals surface area contributed by atoms with Crippen LogP contribution < -0.4 is 9.47 Å². The molecule has 1 amide bonds. The molecule has 1 aliphatic heterocycles. The van der Waals surface area contributed by atoms with E-state index in [1.54, 1.807) is 27.7 Å². The largest absolute Gasteiger partial charge is 0.496 e. The average molecular weight is 612 g/mol. The third kappa shape index (κ3) is 7.52. The molecule has 236 valence electrons. The van der Waals surface area contributed by atoms with Crippen molar-refractivity contribution in [3.8, 4) is 11.5 Å². The van der Waals surface area contributed by atoms with Crippen LogP contribution in [0.4, 0.5) is 26.7 Å². The Labute approximate surface area is 247 Å². The molecule has 7 nitrogen and oxygen atoms in total. The second-order valence-corrected chi connectivity index (χ2v) is 11.7. The fourth-order valence-electron chi connectivity index (χ4n) is 5.51. The number of nitrogens with one attached hydrogen (secondary N) is 1. The minimum atomic E-state index is -4.54. The summed E-state index contributed by atoms with van der Waals surface area (Å²) in [5.74, 6) is -1.02.